The third kappa shape index (κ3) is 2.42. The average molecular weight is 269 g/mol. The second-order valence-electron chi connectivity index (χ2n) is 4.67. The van der Waals surface area contributed by atoms with Crippen molar-refractivity contribution >= 4 is 11.6 Å². The molecule has 0 fully saturated rings. The van der Waals surface area contributed by atoms with Gasteiger partial charge in [0.2, 0.25) is 0 Å². The maximum atomic E-state index is 11.2. The standard InChI is InChI=1S/C15H15N3O2/c16-15(19)13-9-10(5-7-17-13)18-12-6-8-20-14-4-2-1-3-11(12)14/h1-5,7,9,12H,6,8H2,(H2,16,19)(H,17,18). The highest BCUT2D eigenvalue weighted by atomic mass is 16.5. The van der Waals surface area contributed by atoms with E-state index in [1.54, 1.807) is 12.3 Å². The number of primary amides is 1. The Hall–Kier alpha value is -2.56. The topological polar surface area (TPSA) is 77.2 Å². The van der Waals surface area contributed by atoms with Crippen molar-refractivity contribution in [1.29, 1.82) is 0 Å². The van der Waals surface area contributed by atoms with E-state index in [1.165, 1.54) is 0 Å². The molecule has 5 nitrogen and oxygen atoms in total. The maximum Gasteiger partial charge on any atom is 0.267 e. The van der Waals surface area contributed by atoms with Crippen molar-refractivity contribution in [3.05, 3.63) is 53.9 Å². The highest BCUT2D eigenvalue weighted by Gasteiger charge is 2.20. The van der Waals surface area contributed by atoms with Crippen LogP contribution in [0.5, 0.6) is 5.75 Å². The van der Waals surface area contributed by atoms with Crippen LogP contribution in [0.2, 0.25) is 0 Å². The van der Waals surface area contributed by atoms with E-state index in [1.807, 2.05) is 30.3 Å². The van der Waals surface area contributed by atoms with Gasteiger partial charge in [0.05, 0.1) is 12.6 Å². The Morgan fingerprint density at radius 1 is 1.35 bits per heavy atom. The van der Waals surface area contributed by atoms with Gasteiger partial charge in [0.15, 0.2) is 0 Å². The molecular weight excluding hydrogens is 254 g/mol. The lowest BCUT2D eigenvalue weighted by Gasteiger charge is -2.27. The molecule has 1 unspecified atom stereocenters. The zero-order chi connectivity index (χ0) is 13.9. The number of fused-ring (bicyclic) bond motifs is 1. The minimum absolute atomic E-state index is 0.156. The molecule has 5 heteroatoms. The number of amides is 1. The van der Waals surface area contributed by atoms with Crippen molar-refractivity contribution in [2.45, 2.75) is 12.5 Å². The van der Waals surface area contributed by atoms with Crippen LogP contribution in [0.25, 0.3) is 0 Å². The molecule has 3 rings (SSSR count). The van der Waals surface area contributed by atoms with Gasteiger partial charge < -0.3 is 15.8 Å². The first-order valence-electron chi connectivity index (χ1n) is 6.48. The highest BCUT2D eigenvalue weighted by Crippen LogP contribution is 2.33. The van der Waals surface area contributed by atoms with Gasteiger partial charge in [-0.2, -0.15) is 0 Å². The Morgan fingerprint density at radius 2 is 2.20 bits per heavy atom. The molecule has 1 atom stereocenters. The van der Waals surface area contributed by atoms with Gasteiger partial charge >= 0.3 is 0 Å². The monoisotopic (exact) mass is 269 g/mol. The van der Waals surface area contributed by atoms with Crippen LogP contribution in [0.4, 0.5) is 5.69 Å². The molecule has 20 heavy (non-hydrogen) atoms. The lowest BCUT2D eigenvalue weighted by Crippen LogP contribution is -2.20. The number of pyridine rings is 1. The number of nitrogens with two attached hydrogens (primary N) is 1. The molecule has 0 saturated heterocycles. The summed E-state index contributed by atoms with van der Waals surface area (Å²) >= 11 is 0. The van der Waals surface area contributed by atoms with Gasteiger partial charge in [0.1, 0.15) is 11.4 Å². The van der Waals surface area contributed by atoms with Crippen molar-refractivity contribution in [2.75, 3.05) is 11.9 Å². The van der Waals surface area contributed by atoms with Crippen molar-refractivity contribution in [2.24, 2.45) is 5.73 Å². The number of rotatable bonds is 3. The van der Waals surface area contributed by atoms with Crippen LogP contribution in [0, 0.1) is 0 Å². The van der Waals surface area contributed by atoms with E-state index in [4.69, 9.17) is 10.5 Å². The van der Waals surface area contributed by atoms with Gasteiger partial charge in [-0.25, -0.2) is 0 Å². The predicted octanol–water partition coefficient (Wildman–Crippen LogP) is 2.12. The summed E-state index contributed by atoms with van der Waals surface area (Å²) in [6.07, 6.45) is 2.44. The number of hydrogen-bond donors (Lipinski definition) is 2. The quantitative estimate of drug-likeness (QED) is 0.894. The number of benzene rings is 1. The van der Waals surface area contributed by atoms with Crippen LogP contribution >= 0.6 is 0 Å². The van der Waals surface area contributed by atoms with Crippen molar-refractivity contribution < 1.29 is 9.53 Å². The lowest BCUT2D eigenvalue weighted by molar-refractivity contribution is 0.0995. The van der Waals surface area contributed by atoms with E-state index in [-0.39, 0.29) is 11.7 Å². The number of anilines is 1. The number of nitrogens with zero attached hydrogens (tertiary/aromatic N) is 1. The maximum absolute atomic E-state index is 11.2. The molecule has 0 spiro atoms. The van der Waals surface area contributed by atoms with E-state index in [0.29, 0.717) is 6.61 Å². The first-order chi connectivity index (χ1) is 9.74. The van der Waals surface area contributed by atoms with Crippen LogP contribution in [0.15, 0.2) is 42.6 Å². The molecule has 0 radical (unpaired) electrons. The molecule has 2 aromatic rings. The van der Waals surface area contributed by atoms with Crippen molar-refractivity contribution in [3.8, 4) is 5.75 Å². The number of ether oxygens (including phenoxy) is 1. The van der Waals surface area contributed by atoms with E-state index in [2.05, 4.69) is 10.3 Å². The van der Waals surface area contributed by atoms with Crippen LogP contribution in [0.3, 0.4) is 0 Å². The summed E-state index contributed by atoms with van der Waals surface area (Å²) in [4.78, 5) is 15.1. The molecule has 3 N–H and O–H groups in total. The fraction of sp³-hybridized carbons (Fsp3) is 0.200. The van der Waals surface area contributed by atoms with Gasteiger partial charge in [0.25, 0.3) is 5.91 Å². The Bertz CT molecular complexity index is 643. The third-order valence-corrected chi connectivity index (χ3v) is 3.31. The van der Waals surface area contributed by atoms with Crippen LogP contribution in [-0.2, 0) is 0 Å². The number of para-hydroxylation sites is 1. The molecule has 2 heterocycles. The Kier molecular flexibility index (Phi) is 3.25. The van der Waals surface area contributed by atoms with E-state index < -0.39 is 5.91 Å². The molecule has 0 saturated carbocycles. The number of carbonyl (C=O) groups is 1. The molecule has 1 aromatic carbocycles. The summed E-state index contributed by atoms with van der Waals surface area (Å²) in [5, 5.41) is 3.40. The number of hydrogen-bond acceptors (Lipinski definition) is 4. The summed E-state index contributed by atoms with van der Waals surface area (Å²) in [5.74, 6) is 0.376. The lowest BCUT2D eigenvalue weighted by atomic mass is 10.0. The first kappa shape index (κ1) is 12.5. The predicted molar refractivity (Wildman–Crippen MR) is 75.7 cm³/mol. The summed E-state index contributed by atoms with van der Waals surface area (Å²) in [6.45, 7) is 0.669. The average Bonchev–Trinajstić information content (AvgIpc) is 2.48. The molecular formula is C15H15N3O2. The molecule has 1 amide bonds. The van der Waals surface area contributed by atoms with Gasteiger partial charge in [-0.1, -0.05) is 18.2 Å². The number of carbonyl (C=O) groups excluding carboxylic acids is 1. The smallest absolute Gasteiger partial charge is 0.267 e. The molecule has 1 aliphatic rings. The summed E-state index contributed by atoms with van der Waals surface area (Å²) < 4.78 is 5.63. The van der Waals surface area contributed by atoms with Gasteiger partial charge in [-0.05, 0) is 18.2 Å². The summed E-state index contributed by atoms with van der Waals surface area (Å²) in [7, 11) is 0. The number of nitrogens with one attached hydrogen (secondary N) is 1. The normalized spacial score (nSPS) is 16.9. The van der Waals surface area contributed by atoms with E-state index in [0.717, 1.165) is 23.4 Å². The molecule has 1 aromatic heterocycles. The van der Waals surface area contributed by atoms with Crippen molar-refractivity contribution in [3.63, 3.8) is 0 Å². The second-order valence-corrected chi connectivity index (χ2v) is 4.67. The molecule has 102 valence electrons. The van der Waals surface area contributed by atoms with Gasteiger partial charge in [0, 0.05) is 23.9 Å². The SMILES string of the molecule is NC(=O)c1cc(NC2CCOc3ccccc32)ccn1. The van der Waals surface area contributed by atoms with E-state index in [9.17, 15) is 4.79 Å². The van der Waals surface area contributed by atoms with E-state index >= 15 is 0 Å². The number of aromatic nitrogens is 1. The first-order valence-corrected chi connectivity index (χ1v) is 6.48. The second kappa shape index (κ2) is 5.21. The van der Waals surface area contributed by atoms with Crippen LogP contribution < -0.4 is 15.8 Å². The Labute approximate surface area is 116 Å². The van der Waals surface area contributed by atoms with Crippen LogP contribution in [-0.4, -0.2) is 17.5 Å². The zero-order valence-electron chi connectivity index (χ0n) is 10.9. The Morgan fingerprint density at radius 3 is 3.05 bits per heavy atom. The molecule has 1 aliphatic heterocycles. The fourth-order valence-electron chi connectivity index (χ4n) is 2.35. The minimum atomic E-state index is -0.527. The summed E-state index contributed by atoms with van der Waals surface area (Å²) in [5.41, 5.74) is 7.45. The third-order valence-electron chi connectivity index (χ3n) is 3.31. The highest BCUT2D eigenvalue weighted by molar-refractivity contribution is 5.91. The Balaban J connectivity index is 1.85. The fourth-order valence-corrected chi connectivity index (χ4v) is 2.35. The van der Waals surface area contributed by atoms with Crippen molar-refractivity contribution in [1.82, 2.24) is 4.98 Å². The molecule has 0 bridgehead atoms. The summed E-state index contributed by atoms with van der Waals surface area (Å²) in [6, 6.07) is 11.6. The minimum Gasteiger partial charge on any atom is -0.493 e. The zero-order valence-corrected chi connectivity index (χ0v) is 10.9. The van der Waals surface area contributed by atoms with Crippen LogP contribution in [0.1, 0.15) is 28.5 Å². The van der Waals surface area contributed by atoms with Gasteiger partial charge in [-0.15, -0.1) is 0 Å². The van der Waals surface area contributed by atoms with Gasteiger partial charge in [-0.3, -0.25) is 9.78 Å². The largest absolute Gasteiger partial charge is 0.493 e. The molecule has 0 aliphatic carbocycles.